The van der Waals surface area contributed by atoms with Crippen LogP contribution in [0.1, 0.15) is 12.8 Å². The minimum absolute atomic E-state index is 0.178. The number of aliphatic hydroxyl groups excluding tert-OH is 2. The van der Waals surface area contributed by atoms with E-state index in [-0.39, 0.29) is 13.2 Å². The summed E-state index contributed by atoms with van der Waals surface area (Å²) in [5, 5.41) is 22.1. The molecule has 0 spiro atoms. The molecule has 2 unspecified atom stereocenters. The van der Waals surface area contributed by atoms with Crippen molar-refractivity contribution in [2.24, 2.45) is 0 Å². The lowest BCUT2D eigenvalue weighted by Gasteiger charge is -2.12. The third kappa shape index (κ3) is 3.65. The fourth-order valence-electron chi connectivity index (χ4n) is 1.43. The van der Waals surface area contributed by atoms with Crippen LogP contribution in [-0.4, -0.2) is 32.6 Å². The molecular formula is C10H14O2S4. The van der Waals surface area contributed by atoms with Gasteiger partial charge in [-0.1, -0.05) is 0 Å². The molecule has 0 saturated heterocycles. The Hall–Kier alpha value is 0.800. The maximum atomic E-state index is 8.98. The van der Waals surface area contributed by atoms with Crippen LogP contribution in [0.15, 0.2) is 20.6 Å². The van der Waals surface area contributed by atoms with E-state index in [2.05, 4.69) is 10.8 Å². The van der Waals surface area contributed by atoms with Gasteiger partial charge in [0.1, 0.15) is 0 Å². The van der Waals surface area contributed by atoms with E-state index < -0.39 is 0 Å². The second-order valence-electron chi connectivity index (χ2n) is 3.43. The molecule has 0 bridgehead atoms. The summed E-state index contributed by atoms with van der Waals surface area (Å²) < 4.78 is 1.14. The summed E-state index contributed by atoms with van der Waals surface area (Å²) in [7, 11) is 0. The zero-order chi connectivity index (χ0) is 11.4. The van der Waals surface area contributed by atoms with Gasteiger partial charge < -0.3 is 10.2 Å². The van der Waals surface area contributed by atoms with Gasteiger partial charge in [-0.3, -0.25) is 0 Å². The van der Waals surface area contributed by atoms with Crippen LogP contribution < -0.4 is 0 Å². The van der Waals surface area contributed by atoms with Gasteiger partial charge in [0.05, 0.1) is 22.4 Å². The Labute approximate surface area is 113 Å². The van der Waals surface area contributed by atoms with Gasteiger partial charge in [-0.15, -0.1) is 47.0 Å². The summed E-state index contributed by atoms with van der Waals surface area (Å²) in [6, 6.07) is 0. The van der Waals surface area contributed by atoms with Gasteiger partial charge in [0.15, 0.2) is 0 Å². The summed E-state index contributed by atoms with van der Waals surface area (Å²) >= 11 is 7.22. The van der Waals surface area contributed by atoms with E-state index in [1.165, 1.54) is 0 Å². The molecule has 2 nitrogen and oxygen atoms in total. The predicted molar refractivity (Wildman–Crippen MR) is 77.5 cm³/mol. The molecule has 2 aliphatic heterocycles. The van der Waals surface area contributed by atoms with E-state index >= 15 is 0 Å². The quantitative estimate of drug-likeness (QED) is 0.812. The van der Waals surface area contributed by atoms with E-state index in [4.69, 9.17) is 10.2 Å². The van der Waals surface area contributed by atoms with E-state index in [0.29, 0.717) is 9.16 Å². The van der Waals surface area contributed by atoms with Crippen LogP contribution in [0.4, 0.5) is 0 Å². The molecule has 0 aromatic rings. The molecule has 2 rings (SSSR count). The van der Waals surface area contributed by atoms with Crippen LogP contribution in [0.5, 0.6) is 0 Å². The maximum absolute atomic E-state index is 8.98. The molecule has 90 valence electrons. The molecule has 0 saturated carbocycles. The first-order valence-corrected chi connectivity index (χ1v) is 8.70. The van der Waals surface area contributed by atoms with Crippen molar-refractivity contribution in [3.05, 3.63) is 20.6 Å². The van der Waals surface area contributed by atoms with Gasteiger partial charge in [0, 0.05) is 9.81 Å². The van der Waals surface area contributed by atoms with Crippen molar-refractivity contribution in [1.29, 1.82) is 0 Å². The maximum Gasteiger partial charge on any atom is 0.0746 e. The summed E-state index contributed by atoms with van der Waals surface area (Å²) in [5.74, 6) is 0. The molecule has 0 aromatic heterocycles. The molecule has 0 aliphatic carbocycles. The Kier molecular flexibility index (Phi) is 5.51. The Bertz CT molecular complexity index is 273. The number of thioether (sulfide) groups is 4. The minimum atomic E-state index is 0.178. The lowest BCUT2D eigenvalue weighted by atomic mass is 10.4. The molecule has 2 aliphatic rings. The van der Waals surface area contributed by atoms with Crippen molar-refractivity contribution in [2.45, 2.75) is 22.0 Å². The van der Waals surface area contributed by atoms with Gasteiger partial charge in [-0.2, -0.15) is 0 Å². The average molecular weight is 294 g/mol. The molecule has 2 N–H and O–H groups in total. The molecule has 2 heterocycles. The number of hydrogen-bond acceptors (Lipinski definition) is 6. The summed E-state index contributed by atoms with van der Waals surface area (Å²) in [6.45, 7) is 0.356. The average Bonchev–Trinajstić information content (AvgIpc) is 2.95. The first-order chi connectivity index (χ1) is 7.81. The van der Waals surface area contributed by atoms with Gasteiger partial charge in [-0.05, 0) is 23.7 Å². The van der Waals surface area contributed by atoms with Crippen molar-refractivity contribution >= 4 is 47.0 Å². The van der Waals surface area contributed by atoms with Crippen molar-refractivity contribution in [3.63, 3.8) is 0 Å². The van der Waals surface area contributed by atoms with Crippen LogP contribution in [0.25, 0.3) is 0 Å². The molecule has 0 fully saturated rings. The summed E-state index contributed by atoms with van der Waals surface area (Å²) in [4.78, 5) is 2.19. The molecule has 0 aromatic carbocycles. The Balaban J connectivity index is 1.63. The standard InChI is InChI=1S/C10H14O2S4/c11-3-7-5-13-9(15-7)1-2-10-14-6-8(4-12)16-10/h5-6,9-12H,1-4H2. The second kappa shape index (κ2) is 6.66. The molecule has 2 atom stereocenters. The number of hydrogen-bond donors (Lipinski definition) is 2. The van der Waals surface area contributed by atoms with E-state index in [0.717, 1.165) is 22.7 Å². The van der Waals surface area contributed by atoms with Gasteiger partial charge in [0.25, 0.3) is 0 Å². The van der Waals surface area contributed by atoms with Gasteiger partial charge in [-0.25, -0.2) is 0 Å². The highest BCUT2D eigenvalue weighted by molar-refractivity contribution is 8.23. The number of aliphatic hydroxyl groups is 2. The van der Waals surface area contributed by atoms with E-state index in [9.17, 15) is 0 Å². The van der Waals surface area contributed by atoms with Crippen molar-refractivity contribution < 1.29 is 10.2 Å². The lowest BCUT2D eigenvalue weighted by Crippen LogP contribution is -2.00. The SMILES string of the molecule is OCC1=CSC(CCC2SC=C(CO)S2)S1. The molecular weight excluding hydrogens is 280 g/mol. The molecule has 6 heteroatoms. The summed E-state index contributed by atoms with van der Waals surface area (Å²) in [5.41, 5.74) is 0. The predicted octanol–water partition coefficient (Wildman–Crippen LogP) is 3.05. The Morgan fingerprint density at radius 3 is 1.62 bits per heavy atom. The van der Waals surface area contributed by atoms with E-state index in [1.807, 2.05) is 23.5 Å². The lowest BCUT2D eigenvalue weighted by molar-refractivity contribution is 0.339. The molecule has 0 amide bonds. The molecule has 0 radical (unpaired) electrons. The Morgan fingerprint density at radius 2 is 1.31 bits per heavy atom. The fourth-order valence-corrected chi connectivity index (χ4v) is 6.36. The van der Waals surface area contributed by atoms with E-state index in [1.54, 1.807) is 23.5 Å². The van der Waals surface area contributed by atoms with Crippen molar-refractivity contribution in [2.75, 3.05) is 13.2 Å². The summed E-state index contributed by atoms with van der Waals surface area (Å²) in [6.07, 6.45) is 2.32. The highest BCUT2D eigenvalue weighted by Gasteiger charge is 2.22. The third-order valence-electron chi connectivity index (χ3n) is 2.22. The molecule has 16 heavy (non-hydrogen) atoms. The third-order valence-corrected chi connectivity index (χ3v) is 7.78. The van der Waals surface area contributed by atoms with Crippen molar-refractivity contribution in [3.8, 4) is 0 Å². The van der Waals surface area contributed by atoms with Crippen LogP contribution in [0.2, 0.25) is 0 Å². The zero-order valence-corrected chi connectivity index (χ0v) is 11.9. The monoisotopic (exact) mass is 294 g/mol. The minimum Gasteiger partial charge on any atom is -0.391 e. The van der Waals surface area contributed by atoms with Gasteiger partial charge in [0.2, 0.25) is 0 Å². The zero-order valence-electron chi connectivity index (χ0n) is 8.67. The highest BCUT2D eigenvalue weighted by atomic mass is 32.2. The van der Waals surface area contributed by atoms with Crippen LogP contribution in [0, 0.1) is 0 Å². The smallest absolute Gasteiger partial charge is 0.0746 e. The largest absolute Gasteiger partial charge is 0.391 e. The number of rotatable bonds is 5. The van der Waals surface area contributed by atoms with Gasteiger partial charge >= 0.3 is 0 Å². The fraction of sp³-hybridized carbons (Fsp3) is 0.600. The van der Waals surface area contributed by atoms with Crippen LogP contribution >= 0.6 is 47.0 Å². The van der Waals surface area contributed by atoms with Crippen LogP contribution in [0.3, 0.4) is 0 Å². The second-order valence-corrected chi connectivity index (χ2v) is 8.84. The Morgan fingerprint density at radius 1 is 0.875 bits per heavy atom. The first kappa shape index (κ1) is 13.2. The van der Waals surface area contributed by atoms with Crippen molar-refractivity contribution in [1.82, 2.24) is 0 Å². The van der Waals surface area contributed by atoms with Crippen LogP contribution in [-0.2, 0) is 0 Å². The topological polar surface area (TPSA) is 40.5 Å². The first-order valence-electron chi connectivity index (χ1n) is 5.06. The highest BCUT2D eigenvalue weighted by Crippen LogP contribution is 2.46. The normalized spacial score (nSPS) is 29.4.